The number of pyridine rings is 1. The molecule has 0 unspecified atom stereocenters. The minimum Gasteiger partial charge on any atom is -0.506 e. The topological polar surface area (TPSA) is 114 Å². The number of likely N-dealkylation sites (tertiary alicyclic amines) is 1. The molecule has 1 aliphatic rings. The van der Waals surface area contributed by atoms with Crippen LogP contribution in [0.2, 0.25) is 0 Å². The highest BCUT2D eigenvalue weighted by Gasteiger charge is 2.30. The fourth-order valence-corrected chi connectivity index (χ4v) is 5.24. The first kappa shape index (κ1) is 29.4. The lowest BCUT2D eigenvalue weighted by molar-refractivity contribution is 0.0204. The number of aliphatic hydroxyl groups is 1. The Kier molecular flexibility index (Phi) is 8.17. The molecule has 1 aromatic carbocycles. The Morgan fingerprint density at radius 1 is 1.00 bits per heavy atom. The molecule has 1 amide bonds. The van der Waals surface area contributed by atoms with E-state index in [0.29, 0.717) is 35.6 Å². The molecule has 216 valence electrons. The third kappa shape index (κ3) is 6.41. The van der Waals surface area contributed by atoms with E-state index in [0.717, 1.165) is 29.4 Å². The third-order valence-corrected chi connectivity index (χ3v) is 6.93. The van der Waals surface area contributed by atoms with Gasteiger partial charge in [-0.05, 0) is 103 Å². The van der Waals surface area contributed by atoms with Crippen molar-refractivity contribution in [1.29, 1.82) is 0 Å². The molecule has 9 heteroatoms. The molecule has 0 aliphatic carbocycles. The highest BCUT2D eigenvalue weighted by Crippen LogP contribution is 2.41. The summed E-state index contributed by atoms with van der Waals surface area (Å²) in [6, 6.07) is 7.73. The Balaban J connectivity index is 1.79. The number of hydrogen-bond donors (Lipinski definition) is 2. The summed E-state index contributed by atoms with van der Waals surface area (Å²) in [5, 5.41) is 21.7. The van der Waals surface area contributed by atoms with Crippen LogP contribution >= 0.6 is 0 Å². The first-order valence-corrected chi connectivity index (χ1v) is 13.8. The Morgan fingerprint density at radius 2 is 1.62 bits per heavy atom. The number of aryl methyl sites for hydroxylation is 1. The molecule has 1 saturated heterocycles. The van der Waals surface area contributed by atoms with E-state index in [4.69, 9.17) is 9.47 Å². The first-order valence-electron chi connectivity index (χ1n) is 13.8. The van der Waals surface area contributed by atoms with Gasteiger partial charge in [-0.1, -0.05) is 6.07 Å². The number of aromatic nitrogens is 2. The molecule has 1 aliphatic heterocycles. The van der Waals surface area contributed by atoms with Gasteiger partial charge < -0.3 is 24.6 Å². The Hall–Kier alpha value is -3.59. The monoisotopic (exact) mass is 551 g/mol. The molecule has 0 radical (unpaired) electrons. The predicted octanol–water partition coefficient (Wildman–Crippen LogP) is 6.15. The SMILES string of the molecule is Cc1cc(-c2c(CCO)c3cc(C4CCN(C(=O)OC(C)(C)C)CC4)ccc3n2C(=O)OC(C)(C)C)c(O)cn1. The largest absolute Gasteiger partial charge is 0.506 e. The summed E-state index contributed by atoms with van der Waals surface area (Å²) in [6.45, 7) is 13.9. The average molecular weight is 552 g/mol. The average Bonchev–Trinajstić information content (AvgIpc) is 3.17. The Labute approximate surface area is 235 Å². The van der Waals surface area contributed by atoms with Crippen LogP contribution in [0.5, 0.6) is 5.75 Å². The van der Waals surface area contributed by atoms with E-state index in [9.17, 15) is 19.8 Å². The van der Waals surface area contributed by atoms with Crippen molar-refractivity contribution in [3.63, 3.8) is 0 Å². The van der Waals surface area contributed by atoms with Crippen LogP contribution in [0.15, 0.2) is 30.5 Å². The summed E-state index contributed by atoms with van der Waals surface area (Å²) >= 11 is 0. The molecule has 9 nitrogen and oxygen atoms in total. The maximum absolute atomic E-state index is 13.6. The van der Waals surface area contributed by atoms with Crippen LogP contribution in [-0.2, 0) is 15.9 Å². The molecule has 40 heavy (non-hydrogen) atoms. The van der Waals surface area contributed by atoms with Gasteiger partial charge in [-0.3, -0.25) is 4.98 Å². The molecule has 0 saturated carbocycles. The Morgan fingerprint density at radius 3 is 2.23 bits per heavy atom. The van der Waals surface area contributed by atoms with Gasteiger partial charge in [-0.15, -0.1) is 0 Å². The molecule has 2 N–H and O–H groups in total. The molecule has 1 fully saturated rings. The molecule has 0 spiro atoms. The fraction of sp³-hybridized carbons (Fsp3) is 0.516. The van der Waals surface area contributed by atoms with Gasteiger partial charge in [-0.25, -0.2) is 14.2 Å². The zero-order chi connectivity index (χ0) is 29.4. The second-order valence-corrected chi connectivity index (χ2v) is 12.5. The van der Waals surface area contributed by atoms with Crippen LogP contribution < -0.4 is 0 Å². The van der Waals surface area contributed by atoms with Crippen molar-refractivity contribution >= 4 is 23.1 Å². The molecule has 0 atom stereocenters. The fourth-order valence-electron chi connectivity index (χ4n) is 5.24. The van der Waals surface area contributed by atoms with E-state index < -0.39 is 17.3 Å². The summed E-state index contributed by atoms with van der Waals surface area (Å²) < 4.78 is 12.8. The van der Waals surface area contributed by atoms with Crippen molar-refractivity contribution in [2.45, 2.75) is 84.8 Å². The summed E-state index contributed by atoms with van der Waals surface area (Å²) in [4.78, 5) is 32.1. The van der Waals surface area contributed by atoms with Gasteiger partial charge in [0.2, 0.25) is 0 Å². The molecular formula is C31H41N3O6. The second-order valence-electron chi connectivity index (χ2n) is 12.5. The summed E-state index contributed by atoms with van der Waals surface area (Å²) in [7, 11) is 0. The number of piperidine rings is 1. The summed E-state index contributed by atoms with van der Waals surface area (Å²) in [5.41, 5.74) is 2.82. The third-order valence-electron chi connectivity index (χ3n) is 6.93. The number of nitrogens with zero attached hydrogens (tertiary/aromatic N) is 3. The number of fused-ring (bicyclic) bond motifs is 1. The molecule has 3 heterocycles. The molecular weight excluding hydrogens is 510 g/mol. The van der Waals surface area contributed by atoms with Crippen molar-refractivity contribution < 1.29 is 29.3 Å². The first-order chi connectivity index (χ1) is 18.7. The Bertz CT molecular complexity index is 1410. The van der Waals surface area contributed by atoms with Crippen molar-refractivity contribution in [3.8, 4) is 17.0 Å². The van der Waals surface area contributed by atoms with E-state index in [1.807, 2.05) is 39.8 Å². The van der Waals surface area contributed by atoms with Crippen LogP contribution in [0.4, 0.5) is 9.59 Å². The quantitative estimate of drug-likeness (QED) is 0.400. The highest BCUT2D eigenvalue weighted by atomic mass is 16.6. The zero-order valence-electron chi connectivity index (χ0n) is 24.6. The van der Waals surface area contributed by atoms with Crippen molar-refractivity contribution in [3.05, 3.63) is 47.3 Å². The number of amides is 1. The van der Waals surface area contributed by atoms with Gasteiger partial charge in [0.25, 0.3) is 0 Å². The van der Waals surface area contributed by atoms with E-state index in [-0.39, 0.29) is 30.8 Å². The minimum absolute atomic E-state index is 0.0628. The highest BCUT2D eigenvalue weighted by molar-refractivity contribution is 6.00. The van der Waals surface area contributed by atoms with E-state index in [2.05, 4.69) is 11.1 Å². The van der Waals surface area contributed by atoms with Gasteiger partial charge in [0, 0.05) is 36.3 Å². The van der Waals surface area contributed by atoms with E-state index in [1.54, 1.807) is 31.7 Å². The van der Waals surface area contributed by atoms with Crippen LogP contribution in [0, 0.1) is 6.92 Å². The standard InChI is InChI=1S/C31H41N3O6/c1-19-16-24(26(36)18-32-19)27-22(12-15-35)23-17-21(8-9-25(23)34(27)29(38)40-31(5,6)7)20-10-13-33(14-11-20)28(37)39-30(2,3)4/h8-9,16-18,20,35-36H,10-15H2,1-7H3. The zero-order valence-corrected chi connectivity index (χ0v) is 24.6. The van der Waals surface area contributed by atoms with Crippen molar-refractivity contribution in [2.75, 3.05) is 19.7 Å². The normalized spacial score (nSPS) is 14.9. The predicted molar refractivity (Wildman–Crippen MR) is 154 cm³/mol. The van der Waals surface area contributed by atoms with Gasteiger partial charge in [-0.2, -0.15) is 0 Å². The lowest BCUT2D eigenvalue weighted by atomic mass is 9.88. The van der Waals surface area contributed by atoms with E-state index >= 15 is 0 Å². The van der Waals surface area contributed by atoms with Gasteiger partial charge in [0.1, 0.15) is 17.0 Å². The number of hydrogen-bond acceptors (Lipinski definition) is 7. The molecule has 4 rings (SSSR count). The van der Waals surface area contributed by atoms with Crippen molar-refractivity contribution in [1.82, 2.24) is 14.5 Å². The molecule has 2 aromatic heterocycles. The second kappa shape index (κ2) is 11.1. The van der Waals surface area contributed by atoms with Gasteiger partial charge >= 0.3 is 12.2 Å². The lowest BCUT2D eigenvalue weighted by Gasteiger charge is -2.33. The summed E-state index contributed by atoms with van der Waals surface area (Å²) in [5.74, 6) is 0.155. The van der Waals surface area contributed by atoms with Crippen LogP contribution in [0.25, 0.3) is 22.2 Å². The lowest BCUT2D eigenvalue weighted by Crippen LogP contribution is -2.41. The maximum atomic E-state index is 13.6. The molecule has 3 aromatic rings. The van der Waals surface area contributed by atoms with Gasteiger partial charge in [0.05, 0.1) is 17.4 Å². The van der Waals surface area contributed by atoms with Crippen LogP contribution in [0.1, 0.15) is 77.1 Å². The van der Waals surface area contributed by atoms with E-state index in [1.165, 1.54) is 10.8 Å². The number of aromatic hydroxyl groups is 1. The number of ether oxygens (including phenoxy) is 2. The minimum atomic E-state index is -0.736. The van der Waals surface area contributed by atoms with Gasteiger partial charge in [0.15, 0.2) is 0 Å². The molecule has 0 bridgehead atoms. The van der Waals surface area contributed by atoms with Crippen LogP contribution in [0.3, 0.4) is 0 Å². The number of carbonyl (C=O) groups excluding carboxylic acids is 2. The number of benzene rings is 1. The maximum Gasteiger partial charge on any atom is 0.419 e. The van der Waals surface area contributed by atoms with Crippen LogP contribution in [-0.4, -0.2) is 67.7 Å². The number of rotatable bonds is 4. The number of aliphatic hydroxyl groups excluding tert-OH is 1. The van der Waals surface area contributed by atoms with Crippen molar-refractivity contribution in [2.24, 2.45) is 0 Å². The summed E-state index contributed by atoms with van der Waals surface area (Å²) in [6.07, 6.45) is 2.35. The smallest absolute Gasteiger partial charge is 0.419 e. The number of carbonyl (C=O) groups is 2.